The number of nitrogens with one attached hydrogen (secondary N) is 1. The Balaban J connectivity index is 0.000000187. The second kappa shape index (κ2) is 7.36. The summed E-state index contributed by atoms with van der Waals surface area (Å²) < 4.78 is 4.69. The molecule has 1 aromatic rings. The summed E-state index contributed by atoms with van der Waals surface area (Å²) in [5.74, 6) is -0.344. The highest BCUT2D eigenvalue weighted by atomic mass is 32.1. The molecule has 1 saturated heterocycles. The van der Waals surface area contributed by atoms with Crippen LogP contribution in [0.15, 0.2) is 10.9 Å². The Morgan fingerprint density at radius 3 is 2.73 bits per heavy atom. The molecule has 15 heavy (non-hydrogen) atoms. The summed E-state index contributed by atoms with van der Waals surface area (Å²) in [5.41, 5.74) is 2.00. The molecule has 1 aromatic heterocycles. The lowest BCUT2D eigenvalue weighted by Crippen LogP contribution is -2.04. The van der Waals surface area contributed by atoms with Crippen molar-refractivity contribution in [2.75, 3.05) is 19.7 Å². The molecule has 0 atom stereocenters. The maximum Gasteiger partial charge on any atom is 0.357 e. The Hall–Kier alpha value is -0.940. The van der Waals surface area contributed by atoms with Gasteiger partial charge in [0.25, 0.3) is 0 Å². The first-order valence-electron chi connectivity index (χ1n) is 5.10. The van der Waals surface area contributed by atoms with Gasteiger partial charge in [-0.25, -0.2) is 9.78 Å². The lowest BCUT2D eigenvalue weighted by atomic mass is 10.4. The molecule has 1 aliphatic heterocycles. The maximum atomic E-state index is 10.8. The summed E-state index contributed by atoms with van der Waals surface area (Å²) in [4.78, 5) is 14.6. The highest BCUT2D eigenvalue weighted by Crippen LogP contribution is 2.01. The fourth-order valence-electron chi connectivity index (χ4n) is 1.14. The molecular formula is C10H16N2O2S. The van der Waals surface area contributed by atoms with Gasteiger partial charge in [0.1, 0.15) is 0 Å². The Morgan fingerprint density at radius 1 is 1.60 bits per heavy atom. The zero-order valence-electron chi connectivity index (χ0n) is 8.86. The molecule has 0 radical (unpaired) electrons. The molecule has 1 N–H and O–H groups in total. The summed E-state index contributed by atoms with van der Waals surface area (Å²) in [6.45, 7) is 4.67. The third-order valence-electron chi connectivity index (χ3n) is 1.87. The van der Waals surface area contributed by atoms with Gasteiger partial charge in [-0.1, -0.05) is 0 Å². The van der Waals surface area contributed by atoms with Crippen molar-refractivity contribution in [3.8, 4) is 0 Å². The van der Waals surface area contributed by atoms with E-state index in [2.05, 4.69) is 10.3 Å². The van der Waals surface area contributed by atoms with Crippen molar-refractivity contribution in [1.29, 1.82) is 0 Å². The normalized spacial score (nSPS) is 14.2. The van der Waals surface area contributed by atoms with E-state index in [0.29, 0.717) is 12.3 Å². The molecule has 2 heterocycles. The summed E-state index contributed by atoms with van der Waals surface area (Å²) in [6, 6.07) is 0. The number of carbonyl (C=O) groups excluding carboxylic acids is 1. The van der Waals surface area contributed by atoms with Crippen molar-refractivity contribution in [2.45, 2.75) is 19.8 Å². The highest BCUT2D eigenvalue weighted by molar-refractivity contribution is 7.07. The van der Waals surface area contributed by atoms with Crippen LogP contribution in [0.2, 0.25) is 0 Å². The van der Waals surface area contributed by atoms with Crippen LogP contribution >= 0.6 is 11.3 Å². The molecule has 0 unspecified atom stereocenters. The minimum atomic E-state index is -0.344. The SMILES string of the molecule is C1CCNC1.CCOC(=O)c1cscn1. The van der Waals surface area contributed by atoms with E-state index in [4.69, 9.17) is 4.74 Å². The predicted molar refractivity (Wildman–Crippen MR) is 60.2 cm³/mol. The molecule has 2 rings (SSSR count). The Bertz CT molecular complexity index is 263. The number of rotatable bonds is 2. The molecule has 4 nitrogen and oxygen atoms in total. The Morgan fingerprint density at radius 2 is 2.33 bits per heavy atom. The highest BCUT2D eigenvalue weighted by Gasteiger charge is 2.06. The van der Waals surface area contributed by atoms with E-state index in [1.54, 1.807) is 17.8 Å². The van der Waals surface area contributed by atoms with E-state index in [1.807, 2.05) is 0 Å². The number of aromatic nitrogens is 1. The molecule has 0 aliphatic carbocycles. The first-order chi connectivity index (χ1) is 7.34. The minimum absolute atomic E-state index is 0.344. The van der Waals surface area contributed by atoms with Gasteiger partial charge in [0, 0.05) is 5.38 Å². The maximum absolute atomic E-state index is 10.8. The van der Waals surface area contributed by atoms with E-state index in [-0.39, 0.29) is 5.97 Å². The van der Waals surface area contributed by atoms with Gasteiger partial charge >= 0.3 is 5.97 Å². The van der Waals surface area contributed by atoms with Crippen molar-refractivity contribution in [2.24, 2.45) is 0 Å². The average molecular weight is 228 g/mol. The van der Waals surface area contributed by atoms with Gasteiger partial charge in [-0.15, -0.1) is 11.3 Å². The Kier molecular flexibility index (Phi) is 5.96. The minimum Gasteiger partial charge on any atom is -0.461 e. The zero-order chi connectivity index (χ0) is 10.9. The first-order valence-corrected chi connectivity index (χ1v) is 6.05. The van der Waals surface area contributed by atoms with Crippen LogP contribution in [0.3, 0.4) is 0 Å². The number of carbonyl (C=O) groups is 1. The number of nitrogens with zero attached hydrogens (tertiary/aromatic N) is 1. The second-order valence-electron chi connectivity index (χ2n) is 3.05. The van der Waals surface area contributed by atoms with Gasteiger partial charge in [0.15, 0.2) is 5.69 Å². The van der Waals surface area contributed by atoms with Crippen LogP contribution in [0.4, 0.5) is 0 Å². The second-order valence-corrected chi connectivity index (χ2v) is 3.77. The van der Waals surface area contributed by atoms with Crippen molar-refractivity contribution in [3.63, 3.8) is 0 Å². The van der Waals surface area contributed by atoms with E-state index >= 15 is 0 Å². The fraction of sp³-hybridized carbons (Fsp3) is 0.600. The van der Waals surface area contributed by atoms with E-state index in [9.17, 15) is 4.79 Å². The van der Waals surface area contributed by atoms with Crippen molar-refractivity contribution < 1.29 is 9.53 Å². The van der Waals surface area contributed by atoms with Crippen LogP contribution in [-0.4, -0.2) is 30.6 Å². The first kappa shape index (κ1) is 12.1. The van der Waals surface area contributed by atoms with Gasteiger partial charge in [-0.2, -0.15) is 0 Å². The quantitative estimate of drug-likeness (QED) is 0.783. The third-order valence-corrected chi connectivity index (χ3v) is 2.46. The largest absolute Gasteiger partial charge is 0.461 e. The van der Waals surface area contributed by atoms with Crippen LogP contribution in [0.25, 0.3) is 0 Å². The van der Waals surface area contributed by atoms with Crippen LogP contribution in [0.1, 0.15) is 30.3 Å². The smallest absolute Gasteiger partial charge is 0.357 e. The molecule has 1 aliphatic rings. The van der Waals surface area contributed by atoms with Crippen LogP contribution in [0.5, 0.6) is 0 Å². The van der Waals surface area contributed by atoms with Gasteiger partial charge < -0.3 is 10.1 Å². The fourth-order valence-corrected chi connectivity index (χ4v) is 1.66. The summed E-state index contributed by atoms with van der Waals surface area (Å²) in [6.07, 6.45) is 2.78. The lowest BCUT2D eigenvalue weighted by Gasteiger charge is -1.94. The van der Waals surface area contributed by atoms with Crippen molar-refractivity contribution in [1.82, 2.24) is 10.3 Å². The van der Waals surface area contributed by atoms with Gasteiger partial charge in [0.2, 0.25) is 0 Å². The molecule has 0 aromatic carbocycles. The summed E-state index contributed by atoms with van der Waals surface area (Å²) in [7, 11) is 0. The Labute approximate surface area is 93.7 Å². The average Bonchev–Trinajstić information content (AvgIpc) is 2.95. The van der Waals surface area contributed by atoms with Gasteiger partial charge in [-0.05, 0) is 32.9 Å². The third kappa shape index (κ3) is 4.90. The summed E-state index contributed by atoms with van der Waals surface area (Å²) in [5, 5.41) is 4.89. The monoisotopic (exact) mass is 228 g/mol. The number of hydrogen-bond acceptors (Lipinski definition) is 5. The molecular weight excluding hydrogens is 212 g/mol. The molecule has 84 valence electrons. The van der Waals surface area contributed by atoms with Gasteiger partial charge in [-0.3, -0.25) is 0 Å². The standard InChI is InChI=1S/C6H7NO2S.C4H9N/c1-2-9-6(8)5-3-10-4-7-5;1-2-4-5-3-1/h3-4H,2H2,1H3;5H,1-4H2. The summed E-state index contributed by atoms with van der Waals surface area (Å²) >= 11 is 1.38. The lowest BCUT2D eigenvalue weighted by molar-refractivity contribution is 0.0520. The van der Waals surface area contributed by atoms with Gasteiger partial charge in [0.05, 0.1) is 12.1 Å². The predicted octanol–water partition coefficient (Wildman–Crippen LogP) is 1.69. The molecule has 0 amide bonds. The van der Waals surface area contributed by atoms with Crippen LogP contribution < -0.4 is 5.32 Å². The van der Waals surface area contributed by atoms with Crippen LogP contribution in [-0.2, 0) is 4.74 Å². The van der Waals surface area contributed by atoms with E-state index < -0.39 is 0 Å². The zero-order valence-corrected chi connectivity index (χ0v) is 9.68. The number of ether oxygens (including phenoxy) is 1. The number of hydrogen-bond donors (Lipinski definition) is 1. The molecule has 0 saturated carbocycles. The van der Waals surface area contributed by atoms with E-state index in [1.165, 1.54) is 37.3 Å². The van der Waals surface area contributed by atoms with E-state index in [0.717, 1.165) is 0 Å². The molecule has 5 heteroatoms. The molecule has 0 bridgehead atoms. The van der Waals surface area contributed by atoms with Crippen molar-refractivity contribution >= 4 is 17.3 Å². The number of esters is 1. The molecule has 0 spiro atoms. The number of thiazole rings is 1. The van der Waals surface area contributed by atoms with Crippen LogP contribution in [0, 0.1) is 0 Å². The molecule has 1 fully saturated rings. The van der Waals surface area contributed by atoms with Crippen molar-refractivity contribution in [3.05, 3.63) is 16.6 Å². The topological polar surface area (TPSA) is 51.2 Å².